The van der Waals surface area contributed by atoms with Crippen molar-refractivity contribution < 1.29 is 4.79 Å². The van der Waals surface area contributed by atoms with E-state index in [1.165, 1.54) is 11.3 Å². The summed E-state index contributed by atoms with van der Waals surface area (Å²) in [6.45, 7) is 0.796. The Hall–Kier alpha value is -1.60. The molecule has 8 heteroatoms. The molecule has 0 atom stereocenters. The van der Waals surface area contributed by atoms with Gasteiger partial charge in [0.1, 0.15) is 15.9 Å². The quantitative estimate of drug-likeness (QED) is 0.870. The Bertz CT molecular complexity index is 538. The highest BCUT2D eigenvalue weighted by atomic mass is 35.5. The molecule has 0 saturated heterocycles. The van der Waals surface area contributed by atoms with Crippen molar-refractivity contribution in [2.24, 2.45) is 0 Å². The van der Waals surface area contributed by atoms with Crippen LogP contribution in [0.1, 0.15) is 5.01 Å². The van der Waals surface area contributed by atoms with Gasteiger partial charge >= 0.3 is 0 Å². The minimum atomic E-state index is -0.0867. The number of rotatable bonds is 5. The van der Waals surface area contributed by atoms with Gasteiger partial charge in [-0.05, 0) is 0 Å². The van der Waals surface area contributed by atoms with Crippen LogP contribution in [0.15, 0.2) is 18.6 Å². The maximum atomic E-state index is 11.2. The number of nitrogens with one attached hydrogen (secondary N) is 2. The van der Waals surface area contributed by atoms with E-state index < -0.39 is 0 Å². The number of likely N-dealkylation sites (N-methyl/N-ethyl adjacent to an activating group) is 1. The number of aromatic nitrogens is 3. The first-order valence-corrected chi connectivity index (χ1v) is 6.44. The summed E-state index contributed by atoms with van der Waals surface area (Å²) in [5.41, 5.74) is 0.838. The number of amides is 1. The summed E-state index contributed by atoms with van der Waals surface area (Å²) in [4.78, 5) is 15.3. The third-order valence-corrected chi connectivity index (χ3v) is 3.30. The summed E-state index contributed by atoms with van der Waals surface area (Å²) in [7, 11) is 1.59. The van der Waals surface area contributed by atoms with Crippen molar-refractivity contribution in [3.8, 4) is 0 Å². The average molecular weight is 286 g/mol. The zero-order valence-corrected chi connectivity index (χ0v) is 11.3. The zero-order valence-electron chi connectivity index (χ0n) is 9.68. The third-order valence-electron chi connectivity index (χ3n) is 2.19. The first-order chi connectivity index (χ1) is 8.67. The van der Waals surface area contributed by atoms with Crippen LogP contribution in [-0.2, 0) is 17.9 Å². The second kappa shape index (κ2) is 5.83. The summed E-state index contributed by atoms with van der Waals surface area (Å²) in [5, 5.41) is 10.7. The molecule has 0 saturated carbocycles. The molecule has 2 N–H and O–H groups in total. The van der Waals surface area contributed by atoms with Crippen LogP contribution < -0.4 is 10.6 Å². The van der Waals surface area contributed by atoms with Crippen LogP contribution in [0.4, 0.5) is 5.69 Å². The molecule has 2 aromatic heterocycles. The second-order valence-corrected chi connectivity index (χ2v) is 5.26. The van der Waals surface area contributed by atoms with E-state index in [-0.39, 0.29) is 12.5 Å². The normalized spacial score (nSPS) is 10.3. The molecule has 2 heterocycles. The number of halogens is 1. The Labute approximate surface area is 113 Å². The molecule has 2 rings (SSSR count). The fraction of sp³-hybridized carbons (Fsp3) is 0.300. The van der Waals surface area contributed by atoms with Crippen molar-refractivity contribution in [1.29, 1.82) is 0 Å². The Kier molecular flexibility index (Phi) is 4.16. The maximum Gasteiger partial charge on any atom is 0.241 e. The number of hydrogen-bond acceptors (Lipinski definition) is 5. The molecule has 0 spiro atoms. The van der Waals surface area contributed by atoms with Gasteiger partial charge in [-0.3, -0.25) is 9.48 Å². The lowest BCUT2D eigenvalue weighted by Gasteiger charge is -2.00. The summed E-state index contributed by atoms with van der Waals surface area (Å²) >= 11 is 7.22. The number of anilines is 1. The highest BCUT2D eigenvalue weighted by molar-refractivity contribution is 7.15. The van der Waals surface area contributed by atoms with Crippen LogP contribution in [-0.4, -0.2) is 27.7 Å². The van der Waals surface area contributed by atoms with Gasteiger partial charge in [0.2, 0.25) is 5.91 Å². The molecule has 18 heavy (non-hydrogen) atoms. The van der Waals surface area contributed by atoms with Gasteiger partial charge in [-0.25, -0.2) is 4.98 Å². The third kappa shape index (κ3) is 3.44. The lowest BCUT2D eigenvalue weighted by atomic mass is 10.5. The fourth-order valence-corrected chi connectivity index (χ4v) is 2.21. The molecule has 0 fully saturated rings. The zero-order chi connectivity index (χ0) is 13.0. The number of hydrogen-bond donors (Lipinski definition) is 2. The summed E-state index contributed by atoms with van der Waals surface area (Å²) < 4.78 is 2.23. The molecular weight excluding hydrogens is 274 g/mol. The van der Waals surface area contributed by atoms with E-state index in [2.05, 4.69) is 20.7 Å². The van der Waals surface area contributed by atoms with Crippen molar-refractivity contribution in [2.75, 3.05) is 12.4 Å². The van der Waals surface area contributed by atoms with Crippen LogP contribution in [0.3, 0.4) is 0 Å². The highest BCUT2D eigenvalue weighted by Gasteiger charge is 2.04. The van der Waals surface area contributed by atoms with E-state index in [1.807, 2.05) is 0 Å². The van der Waals surface area contributed by atoms with E-state index in [9.17, 15) is 4.79 Å². The Morgan fingerprint density at radius 1 is 1.56 bits per heavy atom. The van der Waals surface area contributed by atoms with E-state index in [0.717, 1.165) is 10.7 Å². The van der Waals surface area contributed by atoms with Crippen molar-refractivity contribution in [2.45, 2.75) is 13.1 Å². The largest absolute Gasteiger partial charge is 0.376 e. The molecule has 2 aromatic rings. The van der Waals surface area contributed by atoms with Gasteiger partial charge in [0.25, 0.3) is 0 Å². The van der Waals surface area contributed by atoms with Crippen LogP contribution in [0.5, 0.6) is 0 Å². The molecule has 0 radical (unpaired) electrons. The lowest BCUT2D eigenvalue weighted by Crippen LogP contribution is -2.23. The van der Waals surface area contributed by atoms with Crippen LogP contribution in [0, 0.1) is 0 Å². The van der Waals surface area contributed by atoms with Gasteiger partial charge in [-0.15, -0.1) is 11.3 Å². The second-order valence-electron chi connectivity index (χ2n) is 3.51. The highest BCUT2D eigenvalue weighted by Crippen LogP contribution is 2.19. The van der Waals surface area contributed by atoms with E-state index in [0.29, 0.717) is 10.9 Å². The molecule has 0 bridgehead atoms. The average Bonchev–Trinajstić information content (AvgIpc) is 2.96. The number of thiazole rings is 1. The van der Waals surface area contributed by atoms with Crippen molar-refractivity contribution in [3.63, 3.8) is 0 Å². The summed E-state index contributed by atoms with van der Waals surface area (Å²) in [6, 6.07) is 0. The van der Waals surface area contributed by atoms with Gasteiger partial charge in [0.05, 0.1) is 24.6 Å². The van der Waals surface area contributed by atoms with Gasteiger partial charge in [0, 0.05) is 13.2 Å². The molecule has 0 aliphatic heterocycles. The smallest absolute Gasteiger partial charge is 0.241 e. The van der Waals surface area contributed by atoms with Crippen molar-refractivity contribution >= 4 is 34.5 Å². The fourth-order valence-electron chi connectivity index (χ4n) is 1.31. The van der Waals surface area contributed by atoms with E-state index >= 15 is 0 Å². The Morgan fingerprint density at radius 3 is 3.06 bits per heavy atom. The molecule has 96 valence electrons. The first kappa shape index (κ1) is 12.8. The summed E-state index contributed by atoms with van der Waals surface area (Å²) in [6.07, 6.45) is 5.06. The molecule has 0 aliphatic rings. The SMILES string of the molecule is CNC(=O)Cn1cc(NCc2ncc(Cl)s2)cn1. The predicted octanol–water partition coefficient (Wildman–Crippen LogP) is 1.35. The van der Waals surface area contributed by atoms with Crippen LogP contribution in [0.25, 0.3) is 0 Å². The van der Waals surface area contributed by atoms with Crippen LogP contribution in [0.2, 0.25) is 4.34 Å². The molecule has 0 aromatic carbocycles. The number of carbonyl (C=O) groups excluding carboxylic acids is 1. The number of nitrogens with zero attached hydrogens (tertiary/aromatic N) is 3. The van der Waals surface area contributed by atoms with Crippen LogP contribution >= 0.6 is 22.9 Å². The van der Waals surface area contributed by atoms with Gasteiger partial charge in [-0.1, -0.05) is 11.6 Å². The molecule has 1 amide bonds. The molecule has 0 aliphatic carbocycles. The molecule has 0 unspecified atom stereocenters. The standard InChI is InChI=1S/C10H12ClN5OS/c1-12-9(17)6-16-5-7(2-15-16)13-4-10-14-3-8(11)18-10/h2-3,5,13H,4,6H2,1H3,(H,12,17). The monoisotopic (exact) mass is 285 g/mol. The topological polar surface area (TPSA) is 71.8 Å². The van der Waals surface area contributed by atoms with Gasteiger partial charge in [0.15, 0.2) is 0 Å². The number of carbonyl (C=O) groups is 1. The van der Waals surface area contributed by atoms with E-state index in [1.54, 1.807) is 30.3 Å². The Morgan fingerprint density at radius 2 is 2.39 bits per heavy atom. The Balaban J connectivity index is 1.88. The molecule has 6 nitrogen and oxygen atoms in total. The van der Waals surface area contributed by atoms with Crippen molar-refractivity contribution in [1.82, 2.24) is 20.1 Å². The first-order valence-electron chi connectivity index (χ1n) is 5.24. The van der Waals surface area contributed by atoms with Gasteiger partial charge in [-0.2, -0.15) is 5.10 Å². The molecular formula is C10H12ClN5OS. The minimum Gasteiger partial charge on any atom is -0.376 e. The van der Waals surface area contributed by atoms with E-state index in [4.69, 9.17) is 11.6 Å². The lowest BCUT2D eigenvalue weighted by molar-refractivity contribution is -0.121. The van der Waals surface area contributed by atoms with Crippen molar-refractivity contribution in [3.05, 3.63) is 27.9 Å². The minimum absolute atomic E-state index is 0.0867. The maximum absolute atomic E-state index is 11.2. The summed E-state index contributed by atoms with van der Waals surface area (Å²) in [5.74, 6) is -0.0867. The predicted molar refractivity (Wildman–Crippen MR) is 70.7 cm³/mol. The van der Waals surface area contributed by atoms with Gasteiger partial charge < -0.3 is 10.6 Å².